The molecule has 0 bridgehead atoms. The second-order valence-corrected chi connectivity index (χ2v) is 4.45. The summed E-state index contributed by atoms with van der Waals surface area (Å²) in [6, 6.07) is -1.46. The fourth-order valence-electron chi connectivity index (χ4n) is 1.45. The molecule has 0 fully saturated rings. The number of hydrogen-bond donors (Lipinski definition) is 3. The van der Waals surface area contributed by atoms with Crippen molar-refractivity contribution in [2.24, 2.45) is 11.7 Å². The van der Waals surface area contributed by atoms with Gasteiger partial charge in [-0.25, -0.2) is 4.79 Å². The Morgan fingerprint density at radius 2 is 1.94 bits per heavy atom. The summed E-state index contributed by atoms with van der Waals surface area (Å²) in [6.07, 6.45) is 2.92. The summed E-state index contributed by atoms with van der Waals surface area (Å²) < 4.78 is 0. The van der Waals surface area contributed by atoms with E-state index in [1.807, 2.05) is 20.8 Å². The smallest absolute Gasteiger partial charge is 0.326 e. The molecule has 0 aromatic carbocycles. The van der Waals surface area contributed by atoms with Crippen LogP contribution in [0.4, 0.5) is 0 Å². The van der Waals surface area contributed by atoms with Crippen molar-refractivity contribution < 1.29 is 14.7 Å². The van der Waals surface area contributed by atoms with E-state index in [4.69, 9.17) is 10.8 Å². The van der Waals surface area contributed by atoms with Crippen LogP contribution >= 0.6 is 0 Å². The van der Waals surface area contributed by atoms with E-state index in [0.717, 1.165) is 19.3 Å². The lowest BCUT2D eigenvalue weighted by molar-refractivity contribution is -0.142. The Labute approximate surface area is 103 Å². The van der Waals surface area contributed by atoms with E-state index in [1.165, 1.54) is 0 Å². The van der Waals surface area contributed by atoms with Crippen LogP contribution in [0.3, 0.4) is 0 Å². The van der Waals surface area contributed by atoms with E-state index in [9.17, 15) is 9.59 Å². The number of unbranched alkanes of at least 4 members (excludes halogenated alkanes) is 1. The molecule has 0 saturated heterocycles. The van der Waals surface area contributed by atoms with E-state index >= 15 is 0 Å². The van der Waals surface area contributed by atoms with Gasteiger partial charge < -0.3 is 16.2 Å². The van der Waals surface area contributed by atoms with E-state index in [0.29, 0.717) is 6.42 Å². The number of amides is 1. The van der Waals surface area contributed by atoms with Crippen LogP contribution in [0.5, 0.6) is 0 Å². The highest BCUT2D eigenvalue weighted by Crippen LogP contribution is 2.07. The first-order valence-corrected chi connectivity index (χ1v) is 6.22. The monoisotopic (exact) mass is 244 g/mol. The number of carboxylic acids is 1. The van der Waals surface area contributed by atoms with Gasteiger partial charge in [0.15, 0.2) is 0 Å². The lowest BCUT2D eigenvalue weighted by Crippen LogP contribution is -2.50. The summed E-state index contributed by atoms with van der Waals surface area (Å²) in [5, 5.41) is 11.5. The van der Waals surface area contributed by atoms with Crippen molar-refractivity contribution in [1.82, 2.24) is 5.32 Å². The number of hydrogen-bond acceptors (Lipinski definition) is 3. The molecule has 3 atom stereocenters. The van der Waals surface area contributed by atoms with Crippen molar-refractivity contribution in [3.63, 3.8) is 0 Å². The van der Waals surface area contributed by atoms with Gasteiger partial charge in [-0.2, -0.15) is 0 Å². The average molecular weight is 244 g/mol. The highest BCUT2D eigenvalue weighted by Gasteiger charge is 2.25. The first-order valence-electron chi connectivity index (χ1n) is 6.22. The zero-order valence-corrected chi connectivity index (χ0v) is 10.9. The molecule has 0 spiro atoms. The quantitative estimate of drug-likeness (QED) is 0.596. The van der Waals surface area contributed by atoms with E-state index in [2.05, 4.69) is 5.32 Å². The normalized spacial score (nSPS) is 16.0. The lowest BCUT2D eigenvalue weighted by Gasteiger charge is -2.21. The zero-order valence-electron chi connectivity index (χ0n) is 10.9. The molecule has 0 heterocycles. The van der Waals surface area contributed by atoms with Crippen LogP contribution < -0.4 is 11.1 Å². The zero-order chi connectivity index (χ0) is 13.4. The van der Waals surface area contributed by atoms with Crippen LogP contribution in [-0.4, -0.2) is 29.1 Å². The second-order valence-electron chi connectivity index (χ2n) is 4.45. The number of rotatable bonds is 8. The van der Waals surface area contributed by atoms with Crippen molar-refractivity contribution in [2.45, 2.75) is 58.5 Å². The minimum Gasteiger partial charge on any atom is -0.480 e. The van der Waals surface area contributed by atoms with Crippen LogP contribution in [-0.2, 0) is 9.59 Å². The van der Waals surface area contributed by atoms with E-state index in [1.54, 1.807) is 0 Å². The third kappa shape index (κ3) is 5.68. The van der Waals surface area contributed by atoms with Crippen LogP contribution in [0.1, 0.15) is 46.5 Å². The maximum Gasteiger partial charge on any atom is 0.326 e. The fourth-order valence-corrected chi connectivity index (χ4v) is 1.45. The van der Waals surface area contributed by atoms with Gasteiger partial charge in [0.25, 0.3) is 0 Å². The Hall–Kier alpha value is -1.10. The summed E-state index contributed by atoms with van der Waals surface area (Å²) in [7, 11) is 0. The van der Waals surface area contributed by atoms with Gasteiger partial charge >= 0.3 is 5.97 Å². The largest absolute Gasteiger partial charge is 0.480 e. The van der Waals surface area contributed by atoms with Crippen LogP contribution in [0, 0.1) is 5.92 Å². The Morgan fingerprint density at radius 1 is 1.35 bits per heavy atom. The molecule has 0 saturated carbocycles. The first kappa shape index (κ1) is 15.9. The predicted octanol–water partition coefficient (Wildman–Crippen LogP) is 1.12. The van der Waals surface area contributed by atoms with Gasteiger partial charge in [-0.3, -0.25) is 4.79 Å². The molecule has 100 valence electrons. The molecule has 2 unspecified atom stereocenters. The van der Waals surface area contributed by atoms with Gasteiger partial charge in [-0.05, 0) is 12.3 Å². The highest BCUT2D eigenvalue weighted by atomic mass is 16.4. The summed E-state index contributed by atoms with van der Waals surface area (Å²) in [5.41, 5.74) is 5.74. The maximum absolute atomic E-state index is 11.7. The average Bonchev–Trinajstić information content (AvgIpc) is 2.31. The molecule has 0 radical (unpaired) electrons. The topological polar surface area (TPSA) is 92.4 Å². The molecule has 0 rings (SSSR count). The SMILES string of the molecule is CCCC[C@H](NC(=O)C(N)C(C)CC)C(=O)O. The molecule has 1 amide bonds. The summed E-state index contributed by atoms with van der Waals surface area (Å²) >= 11 is 0. The lowest BCUT2D eigenvalue weighted by atomic mass is 9.99. The standard InChI is InChI=1S/C12H24N2O3/c1-4-6-7-9(12(16)17)14-11(15)10(13)8(3)5-2/h8-10H,4-7,13H2,1-3H3,(H,14,15)(H,16,17)/t8?,9-,10?/m0/s1. The number of carbonyl (C=O) groups excluding carboxylic acids is 1. The van der Waals surface area contributed by atoms with Crippen molar-refractivity contribution in [3.05, 3.63) is 0 Å². The van der Waals surface area contributed by atoms with Gasteiger partial charge in [-0.1, -0.05) is 40.0 Å². The second kappa shape index (κ2) is 8.06. The molecule has 0 aliphatic carbocycles. The van der Waals surface area contributed by atoms with Crippen molar-refractivity contribution in [1.29, 1.82) is 0 Å². The van der Waals surface area contributed by atoms with Gasteiger partial charge in [-0.15, -0.1) is 0 Å². The predicted molar refractivity (Wildman–Crippen MR) is 66.5 cm³/mol. The van der Waals surface area contributed by atoms with Crippen molar-refractivity contribution in [3.8, 4) is 0 Å². The maximum atomic E-state index is 11.7. The Kier molecular flexibility index (Phi) is 7.54. The molecule has 5 nitrogen and oxygen atoms in total. The highest BCUT2D eigenvalue weighted by molar-refractivity contribution is 5.86. The van der Waals surface area contributed by atoms with Crippen molar-refractivity contribution >= 4 is 11.9 Å². The number of carboxylic acid groups (broad SMARTS) is 1. The Balaban J connectivity index is 4.34. The Bertz CT molecular complexity index is 256. The van der Waals surface area contributed by atoms with Crippen LogP contribution in [0.15, 0.2) is 0 Å². The molecule has 0 aliphatic rings. The van der Waals surface area contributed by atoms with Crippen LogP contribution in [0.2, 0.25) is 0 Å². The third-order valence-electron chi connectivity index (χ3n) is 3.02. The number of carbonyl (C=O) groups is 2. The summed E-state index contributed by atoms with van der Waals surface area (Å²) in [4.78, 5) is 22.7. The molecule has 4 N–H and O–H groups in total. The van der Waals surface area contributed by atoms with Gasteiger partial charge in [0.05, 0.1) is 6.04 Å². The number of aliphatic carboxylic acids is 1. The molecular formula is C12H24N2O3. The van der Waals surface area contributed by atoms with Crippen LogP contribution in [0.25, 0.3) is 0 Å². The summed E-state index contributed by atoms with van der Waals surface area (Å²) in [6.45, 7) is 5.81. The van der Waals surface area contributed by atoms with Gasteiger partial charge in [0.2, 0.25) is 5.91 Å². The fraction of sp³-hybridized carbons (Fsp3) is 0.833. The van der Waals surface area contributed by atoms with Crippen molar-refractivity contribution in [2.75, 3.05) is 0 Å². The molecule has 0 aromatic rings. The molecule has 0 aliphatic heterocycles. The molecule has 5 heteroatoms. The molecular weight excluding hydrogens is 220 g/mol. The minimum atomic E-state index is -0.997. The molecule has 0 aromatic heterocycles. The van der Waals surface area contributed by atoms with E-state index < -0.39 is 18.1 Å². The summed E-state index contributed by atoms with van der Waals surface area (Å²) in [5.74, 6) is -1.32. The van der Waals surface area contributed by atoms with E-state index in [-0.39, 0.29) is 11.8 Å². The Morgan fingerprint density at radius 3 is 2.35 bits per heavy atom. The third-order valence-corrected chi connectivity index (χ3v) is 3.02. The minimum absolute atomic E-state index is 0.0515. The number of nitrogens with one attached hydrogen (secondary N) is 1. The van der Waals surface area contributed by atoms with Gasteiger partial charge in [0, 0.05) is 0 Å². The molecule has 17 heavy (non-hydrogen) atoms. The number of nitrogens with two attached hydrogens (primary N) is 1. The van der Waals surface area contributed by atoms with Gasteiger partial charge in [0.1, 0.15) is 6.04 Å². The first-order chi connectivity index (χ1) is 7.93.